The summed E-state index contributed by atoms with van der Waals surface area (Å²) < 4.78 is 45.2. The number of carbonyl (C=O) groups excluding carboxylic acids is 1. The van der Waals surface area contributed by atoms with E-state index in [4.69, 9.17) is 14.2 Å². The van der Waals surface area contributed by atoms with Crippen LogP contribution >= 0.6 is 0 Å². The maximum absolute atomic E-state index is 13.0. The molecule has 0 atom stereocenters. The number of ether oxygens (including phenoxy) is 3. The van der Waals surface area contributed by atoms with Gasteiger partial charge in [-0.3, -0.25) is 4.79 Å². The third kappa shape index (κ3) is 6.06. The summed E-state index contributed by atoms with van der Waals surface area (Å²) >= 11 is 0. The lowest BCUT2D eigenvalue weighted by molar-refractivity contribution is -0.145. The van der Waals surface area contributed by atoms with Crippen molar-refractivity contribution < 1.29 is 27.4 Å². The van der Waals surface area contributed by atoms with Crippen LogP contribution in [-0.2, 0) is 42.0 Å². The molecule has 0 spiro atoms. The molecule has 9 nitrogen and oxygen atoms in total. The fourth-order valence-corrected chi connectivity index (χ4v) is 5.09. The van der Waals surface area contributed by atoms with E-state index in [-0.39, 0.29) is 23.9 Å². The Morgan fingerprint density at radius 2 is 1.97 bits per heavy atom. The average molecular weight is 468 g/mol. The predicted molar refractivity (Wildman–Crippen MR) is 120 cm³/mol. The highest BCUT2D eigenvalue weighted by Crippen LogP contribution is 2.24. The van der Waals surface area contributed by atoms with Gasteiger partial charge in [0.2, 0.25) is 10.0 Å². The summed E-state index contributed by atoms with van der Waals surface area (Å²) in [7, 11) is -3.60. The first-order chi connectivity index (χ1) is 15.5. The molecule has 0 bridgehead atoms. The van der Waals surface area contributed by atoms with Crippen LogP contribution in [-0.4, -0.2) is 74.4 Å². The highest BCUT2D eigenvalue weighted by molar-refractivity contribution is 7.89. The Bertz CT molecular complexity index is 999. The van der Waals surface area contributed by atoms with Crippen LogP contribution in [0.1, 0.15) is 38.9 Å². The van der Waals surface area contributed by atoms with Crippen LogP contribution in [0.5, 0.6) is 0 Å². The second-order valence-electron chi connectivity index (χ2n) is 7.62. The van der Waals surface area contributed by atoms with Gasteiger partial charge >= 0.3 is 5.97 Å². The van der Waals surface area contributed by atoms with Crippen LogP contribution in [0, 0.1) is 0 Å². The number of imidazole rings is 1. The van der Waals surface area contributed by atoms with Crippen LogP contribution in [0.2, 0.25) is 0 Å². The fourth-order valence-electron chi connectivity index (χ4n) is 3.66. The Labute approximate surface area is 189 Å². The van der Waals surface area contributed by atoms with Crippen LogP contribution in [0.15, 0.2) is 23.1 Å². The van der Waals surface area contributed by atoms with Gasteiger partial charge in [0.25, 0.3) is 0 Å². The molecule has 1 aliphatic rings. The summed E-state index contributed by atoms with van der Waals surface area (Å²) in [6.07, 6.45) is 2.62. The molecule has 32 heavy (non-hydrogen) atoms. The van der Waals surface area contributed by atoms with Gasteiger partial charge in [0.15, 0.2) is 0 Å². The van der Waals surface area contributed by atoms with Gasteiger partial charge in [0, 0.05) is 32.7 Å². The number of carbonyl (C=O) groups is 1. The largest absolute Gasteiger partial charge is 0.463 e. The Morgan fingerprint density at radius 1 is 1.19 bits per heavy atom. The maximum atomic E-state index is 13.0. The number of sulfonamides is 1. The lowest BCUT2D eigenvalue weighted by atomic mass is 10.2. The maximum Gasteiger partial charge on any atom is 0.306 e. The van der Waals surface area contributed by atoms with Crippen molar-refractivity contribution in [3.63, 3.8) is 0 Å². The lowest BCUT2D eigenvalue weighted by Crippen LogP contribution is -2.40. The molecule has 0 amide bonds. The number of benzene rings is 1. The molecule has 0 N–H and O–H groups in total. The molecule has 2 heterocycles. The van der Waals surface area contributed by atoms with Crippen LogP contribution in [0.25, 0.3) is 11.0 Å². The van der Waals surface area contributed by atoms with Crippen LogP contribution in [0.4, 0.5) is 0 Å². The van der Waals surface area contributed by atoms with Gasteiger partial charge in [-0.1, -0.05) is 13.3 Å². The molecule has 0 saturated carbocycles. The lowest BCUT2D eigenvalue weighted by Gasteiger charge is -2.26. The number of unbranched alkanes of at least 4 members (excludes halogenated alkanes) is 1. The first-order valence-electron chi connectivity index (χ1n) is 11.3. The summed E-state index contributed by atoms with van der Waals surface area (Å²) in [6.45, 7) is 7.47. The monoisotopic (exact) mass is 467 g/mol. The second kappa shape index (κ2) is 11.7. The van der Waals surface area contributed by atoms with Gasteiger partial charge in [0.05, 0.1) is 42.2 Å². The third-order valence-corrected chi connectivity index (χ3v) is 7.28. The van der Waals surface area contributed by atoms with Crippen molar-refractivity contribution in [1.82, 2.24) is 13.9 Å². The number of fused-ring (bicyclic) bond motifs is 1. The zero-order valence-electron chi connectivity index (χ0n) is 18.9. The van der Waals surface area contributed by atoms with Crippen molar-refractivity contribution in [1.29, 1.82) is 0 Å². The van der Waals surface area contributed by atoms with Crippen molar-refractivity contribution >= 4 is 27.0 Å². The highest BCUT2D eigenvalue weighted by Gasteiger charge is 2.27. The molecule has 1 aliphatic heterocycles. The molecule has 2 aromatic rings. The van der Waals surface area contributed by atoms with Crippen molar-refractivity contribution in [2.24, 2.45) is 0 Å². The van der Waals surface area contributed by atoms with Crippen molar-refractivity contribution in [2.45, 2.75) is 51.0 Å². The average Bonchev–Trinajstić information content (AvgIpc) is 3.16. The van der Waals surface area contributed by atoms with Gasteiger partial charge in [0.1, 0.15) is 12.4 Å². The van der Waals surface area contributed by atoms with Crippen molar-refractivity contribution in [2.75, 3.05) is 46.1 Å². The van der Waals surface area contributed by atoms with E-state index in [1.54, 1.807) is 12.1 Å². The molecule has 1 aromatic heterocycles. The number of hydrogen-bond acceptors (Lipinski definition) is 7. The van der Waals surface area contributed by atoms with E-state index in [1.807, 2.05) is 13.0 Å². The molecule has 3 rings (SSSR count). The minimum Gasteiger partial charge on any atom is -0.463 e. The van der Waals surface area contributed by atoms with Crippen LogP contribution in [0.3, 0.4) is 0 Å². The van der Waals surface area contributed by atoms with E-state index in [9.17, 15) is 13.2 Å². The first kappa shape index (κ1) is 24.6. The van der Waals surface area contributed by atoms with E-state index < -0.39 is 10.0 Å². The minimum absolute atomic E-state index is 0.209. The van der Waals surface area contributed by atoms with Crippen LogP contribution < -0.4 is 0 Å². The molecule has 0 radical (unpaired) electrons. The highest BCUT2D eigenvalue weighted by atomic mass is 32.2. The number of rotatable bonds is 12. The zero-order chi connectivity index (χ0) is 23.0. The molecule has 10 heteroatoms. The summed E-state index contributed by atoms with van der Waals surface area (Å²) in [5.41, 5.74) is 1.49. The van der Waals surface area contributed by atoms with E-state index in [1.165, 1.54) is 4.31 Å². The first-order valence-corrected chi connectivity index (χ1v) is 12.7. The third-order valence-electron chi connectivity index (χ3n) is 5.39. The molecule has 0 aliphatic carbocycles. The number of nitrogens with zero attached hydrogens (tertiary/aromatic N) is 3. The summed E-state index contributed by atoms with van der Waals surface area (Å²) in [4.78, 5) is 17.0. The predicted octanol–water partition coefficient (Wildman–Crippen LogP) is 2.37. The number of aromatic nitrogens is 2. The molecule has 1 saturated heterocycles. The summed E-state index contributed by atoms with van der Waals surface area (Å²) in [5, 5.41) is 0. The minimum atomic E-state index is -3.60. The SMILES string of the molecule is CCCCn1c(CCC(=O)OCCOCC)nc2cc(S(=O)(=O)N3CCOCC3)ccc21. The standard InChI is InChI=1S/C22H33N3O6S/c1-3-5-10-25-20-7-6-18(32(27,28)24-11-13-30-14-12-24)17-19(20)23-21(25)8-9-22(26)31-16-15-29-4-2/h6-7,17H,3-5,8-16H2,1-2H3. The topological polar surface area (TPSA) is 100.0 Å². The van der Waals surface area contributed by atoms with Gasteiger partial charge in [-0.15, -0.1) is 0 Å². The van der Waals surface area contributed by atoms with E-state index in [0.29, 0.717) is 51.5 Å². The molecule has 1 aromatic carbocycles. The molecular formula is C22H33N3O6S. The quantitative estimate of drug-likeness (QED) is 0.349. The Hall–Kier alpha value is -2.01. The van der Waals surface area contributed by atoms with Gasteiger partial charge in [-0.25, -0.2) is 13.4 Å². The Morgan fingerprint density at radius 3 is 2.69 bits per heavy atom. The number of hydrogen-bond donors (Lipinski definition) is 0. The van der Waals surface area contributed by atoms with Gasteiger partial charge in [-0.2, -0.15) is 4.31 Å². The normalized spacial score (nSPS) is 15.3. The number of esters is 1. The molecular weight excluding hydrogens is 434 g/mol. The Kier molecular flexibility index (Phi) is 9.03. The van der Waals surface area contributed by atoms with E-state index in [2.05, 4.69) is 16.5 Å². The zero-order valence-corrected chi connectivity index (χ0v) is 19.7. The fraction of sp³-hybridized carbons (Fsp3) is 0.636. The molecule has 178 valence electrons. The summed E-state index contributed by atoms with van der Waals surface area (Å²) in [6, 6.07) is 5.09. The van der Waals surface area contributed by atoms with E-state index in [0.717, 1.165) is 30.7 Å². The smallest absolute Gasteiger partial charge is 0.306 e. The van der Waals surface area contributed by atoms with Crippen molar-refractivity contribution in [3.8, 4) is 0 Å². The Balaban J connectivity index is 1.79. The van der Waals surface area contributed by atoms with E-state index >= 15 is 0 Å². The number of aryl methyl sites for hydroxylation is 2. The van der Waals surface area contributed by atoms with Gasteiger partial charge < -0.3 is 18.8 Å². The van der Waals surface area contributed by atoms with Crippen molar-refractivity contribution in [3.05, 3.63) is 24.0 Å². The second-order valence-corrected chi connectivity index (χ2v) is 9.56. The summed E-state index contributed by atoms with van der Waals surface area (Å²) in [5.74, 6) is 0.463. The molecule has 0 unspecified atom stereocenters. The number of morpholine rings is 1. The van der Waals surface area contributed by atoms with Gasteiger partial charge in [-0.05, 0) is 31.5 Å². The molecule has 1 fully saturated rings.